The van der Waals surface area contributed by atoms with E-state index in [9.17, 15) is 18.0 Å². The van der Waals surface area contributed by atoms with Crippen LogP contribution in [0.4, 0.5) is 13.2 Å². The van der Waals surface area contributed by atoms with Crippen LogP contribution in [0.3, 0.4) is 0 Å². The lowest BCUT2D eigenvalue weighted by Gasteiger charge is -2.32. The number of fused-ring (bicyclic) bond motifs is 1. The van der Waals surface area contributed by atoms with Gasteiger partial charge in [0.2, 0.25) is 0 Å². The summed E-state index contributed by atoms with van der Waals surface area (Å²) in [7, 11) is 0. The highest BCUT2D eigenvalue weighted by Gasteiger charge is 2.31. The number of ether oxygens (including phenoxy) is 2. The van der Waals surface area contributed by atoms with Crippen LogP contribution in [-0.4, -0.2) is 46.8 Å². The van der Waals surface area contributed by atoms with Crippen molar-refractivity contribution in [3.8, 4) is 11.5 Å². The number of halogens is 3. The Kier molecular flexibility index (Phi) is 6.90. The SMILES string of the molecule is CC(C)COc1ccc2c(C3CCN(C(=O)c4ccc(OC(F)(F)F)cc4)CC3)ncnc2c1. The van der Waals surface area contributed by atoms with E-state index in [0.717, 1.165) is 47.3 Å². The first-order valence-corrected chi connectivity index (χ1v) is 11.2. The summed E-state index contributed by atoms with van der Waals surface area (Å²) in [4.78, 5) is 23.5. The van der Waals surface area contributed by atoms with Crippen LogP contribution < -0.4 is 9.47 Å². The van der Waals surface area contributed by atoms with Crippen LogP contribution in [0.25, 0.3) is 10.9 Å². The van der Waals surface area contributed by atoms with Gasteiger partial charge in [0.1, 0.15) is 17.8 Å². The summed E-state index contributed by atoms with van der Waals surface area (Å²) in [5, 5.41) is 0.976. The summed E-state index contributed by atoms with van der Waals surface area (Å²) >= 11 is 0. The van der Waals surface area contributed by atoms with Crippen molar-refractivity contribution >= 4 is 16.8 Å². The Labute approximate surface area is 195 Å². The minimum atomic E-state index is -4.76. The molecule has 0 spiro atoms. The zero-order valence-corrected chi connectivity index (χ0v) is 19.0. The summed E-state index contributed by atoms with van der Waals surface area (Å²) in [5.74, 6) is 0.820. The van der Waals surface area contributed by atoms with Crippen LogP contribution in [0.1, 0.15) is 48.7 Å². The van der Waals surface area contributed by atoms with Crippen molar-refractivity contribution < 1.29 is 27.4 Å². The molecule has 34 heavy (non-hydrogen) atoms. The van der Waals surface area contributed by atoms with E-state index in [1.165, 1.54) is 12.1 Å². The van der Waals surface area contributed by atoms with E-state index in [-0.39, 0.29) is 17.6 Å². The van der Waals surface area contributed by atoms with Gasteiger partial charge in [0, 0.05) is 36.0 Å². The number of benzene rings is 2. The molecule has 9 heteroatoms. The smallest absolute Gasteiger partial charge is 0.493 e. The van der Waals surface area contributed by atoms with Crippen molar-refractivity contribution in [2.24, 2.45) is 5.92 Å². The first-order valence-electron chi connectivity index (χ1n) is 11.2. The highest BCUT2D eigenvalue weighted by molar-refractivity contribution is 5.94. The van der Waals surface area contributed by atoms with Crippen LogP contribution in [0.15, 0.2) is 48.8 Å². The number of amides is 1. The van der Waals surface area contributed by atoms with Gasteiger partial charge in [-0.3, -0.25) is 4.79 Å². The normalized spacial score (nSPS) is 15.1. The van der Waals surface area contributed by atoms with Gasteiger partial charge in [0.25, 0.3) is 5.91 Å². The van der Waals surface area contributed by atoms with Crippen LogP contribution >= 0.6 is 0 Å². The molecule has 1 fully saturated rings. The summed E-state index contributed by atoms with van der Waals surface area (Å²) < 4.78 is 46.7. The fourth-order valence-corrected chi connectivity index (χ4v) is 4.07. The molecule has 0 unspecified atom stereocenters. The number of alkyl halides is 3. The minimum absolute atomic E-state index is 0.180. The Bertz CT molecular complexity index is 1140. The average molecular weight is 473 g/mol. The molecule has 0 aliphatic carbocycles. The zero-order valence-electron chi connectivity index (χ0n) is 19.0. The number of hydrogen-bond donors (Lipinski definition) is 0. The summed E-state index contributed by atoms with van der Waals surface area (Å²) in [6, 6.07) is 10.9. The number of piperidine rings is 1. The van der Waals surface area contributed by atoms with Crippen molar-refractivity contribution in [1.29, 1.82) is 0 Å². The molecule has 0 atom stereocenters. The van der Waals surface area contributed by atoms with Crippen molar-refractivity contribution in [1.82, 2.24) is 14.9 Å². The summed E-state index contributed by atoms with van der Waals surface area (Å²) in [6.45, 7) is 5.89. The topological polar surface area (TPSA) is 64.5 Å². The van der Waals surface area contributed by atoms with Gasteiger partial charge in [-0.05, 0) is 55.2 Å². The second kappa shape index (κ2) is 9.87. The maximum absolute atomic E-state index is 12.8. The largest absolute Gasteiger partial charge is 0.573 e. The van der Waals surface area contributed by atoms with E-state index in [4.69, 9.17) is 4.74 Å². The first kappa shape index (κ1) is 23.8. The molecule has 1 aromatic heterocycles. The van der Waals surface area contributed by atoms with E-state index in [1.807, 2.05) is 18.2 Å². The molecule has 0 radical (unpaired) electrons. The van der Waals surface area contributed by atoms with Gasteiger partial charge < -0.3 is 14.4 Å². The van der Waals surface area contributed by atoms with Crippen LogP contribution in [0.2, 0.25) is 0 Å². The molecular weight excluding hydrogens is 447 g/mol. The molecular formula is C25H26F3N3O3. The maximum atomic E-state index is 12.8. The second-order valence-electron chi connectivity index (χ2n) is 8.78. The molecule has 0 bridgehead atoms. The quantitative estimate of drug-likeness (QED) is 0.468. The van der Waals surface area contributed by atoms with Crippen molar-refractivity contribution in [3.63, 3.8) is 0 Å². The predicted octanol–water partition coefficient (Wildman–Crippen LogP) is 5.58. The lowest BCUT2D eigenvalue weighted by atomic mass is 9.90. The van der Waals surface area contributed by atoms with Crippen LogP contribution in [-0.2, 0) is 0 Å². The highest BCUT2D eigenvalue weighted by atomic mass is 19.4. The number of likely N-dealkylation sites (tertiary alicyclic amines) is 1. The van der Waals surface area contributed by atoms with E-state index in [0.29, 0.717) is 31.2 Å². The Morgan fingerprint density at radius 1 is 1.06 bits per heavy atom. The maximum Gasteiger partial charge on any atom is 0.573 e. The van der Waals surface area contributed by atoms with Gasteiger partial charge in [-0.15, -0.1) is 13.2 Å². The highest BCUT2D eigenvalue weighted by Crippen LogP contribution is 2.33. The molecule has 2 heterocycles. The molecule has 1 saturated heterocycles. The Hall–Kier alpha value is -3.36. The number of rotatable bonds is 6. The molecule has 6 nitrogen and oxygen atoms in total. The van der Waals surface area contributed by atoms with Gasteiger partial charge in [0.05, 0.1) is 17.8 Å². The molecule has 0 N–H and O–H groups in total. The molecule has 1 amide bonds. The molecule has 2 aromatic carbocycles. The molecule has 3 aromatic rings. The standard InChI is InChI=1S/C25H26F3N3O3/c1-16(2)14-33-20-7-8-21-22(13-20)29-15-30-23(21)17-9-11-31(12-10-17)24(32)18-3-5-19(6-4-18)34-25(26,27)28/h3-8,13,15-17H,9-12,14H2,1-2H3. The molecule has 180 valence electrons. The van der Waals surface area contributed by atoms with Gasteiger partial charge in [0.15, 0.2) is 0 Å². The van der Waals surface area contributed by atoms with E-state index >= 15 is 0 Å². The van der Waals surface area contributed by atoms with Gasteiger partial charge in [-0.2, -0.15) is 0 Å². The summed E-state index contributed by atoms with van der Waals surface area (Å²) in [5.41, 5.74) is 2.11. The number of carbonyl (C=O) groups is 1. The average Bonchev–Trinajstić information content (AvgIpc) is 2.81. The third kappa shape index (κ3) is 5.76. The van der Waals surface area contributed by atoms with Crippen molar-refractivity contribution in [3.05, 3.63) is 60.0 Å². The van der Waals surface area contributed by atoms with Crippen LogP contribution in [0, 0.1) is 5.92 Å². The molecule has 1 aliphatic rings. The van der Waals surface area contributed by atoms with Gasteiger partial charge >= 0.3 is 6.36 Å². The zero-order chi connectivity index (χ0) is 24.3. The second-order valence-corrected chi connectivity index (χ2v) is 8.78. The van der Waals surface area contributed by atoms with E-state index in [1.54, 1.807) is 11.2 Å². The first-order chi connectivity index (χ1) is 16.2. The summed E-state index contributed by atoms with van der Waals surface area (Å²) in [6.07, 6.45) is -1.73. The lowest BCUT2D eigenvalue weighted by molar-refractivity contribution is -0.274. The third-order valence-corrected chi connectivity index (χ3v) is 5.73. The number of carbonyl (C=O) groups excluding carboxylic acids is 1. The fraction of sp³-hybridized carbons (Fsp3) is 0.400. The Morgan fingerprint density at radius 2 is 1.74 bits per heavy atom. The van der Waals surface area contributed by atoms with E-state index < -0.39 is 6.36 Å². The van der Waals surface area contributed by atoms with Crippen LogP contribution in [0.5, 0.6) is 11.5 Å². The van der Waals surface area contributed by atoms with E-state index in [2.05, 4.69) is 28.6 Å². The third-order valence-electron chi connectivity index (χ3n) is 5.73. The minimum Gasteiger partial charge on any atom is -0.493 e. The van der Waals surface area contributed by atoms with Gasteiger partial charge in [-0.1, -0.05) is 13.8 Å². The number of nitrogens with zero attached hydrogens (tertiary/aromatic N) is 3. The lowest BCUT2D eigenvalue weighted by Crippen LogP contribution is -2.38. The molecule has 1 aliphatic heterocycles. The predicted molar refractivity (Wildman–Crippen MR) is 121 cm³/mol. The fourth-order valence-electron chi connectivity index (χ4n) is 4.07. The molecule has 0 saturated carbocycles. The van der Waals surface area contributed by atoms with Crippen molar-refractivity contribution in [2.45, 2.75) is 39.0 Å². The number of aromatic nitrogens is 2. The van der Waals surface area contributed by atoms with Gasteiger partial charge in [-0.25, -0.2) is 9.97 Å². The Balaban J connectivity index is 1.41. The monoisotopic (exact) mass is 473 g/mol. The molecule has 4 rings (SSSR count). The number of hydrogen-bond acceptors (Lipinski definition) is 5. The van der Waals surface area contributed by atoms with Crippen molar-refractivity contribution in [2.75, 3.05) is 19.7 Å². The Morgan fingerprint density at radius 3 is 2.38 bits per heavy atom.